The fourth-order valence-electron chi connectivity index (χ4n) is 5.86. The van der Waals surface area contributed by atoms with Gasteiger partial charge in [0, 0.05) is 35.0 Å². The molecule has 0 spiro atoms. The Morgan fingerprint density at radius 2 is 1.90 bits per heavy atom. The van der Waals surface area contributed by atoms with Crippen molar-refractivity contribution in [3.63, 3.8) is 0 Å². The molecule has 0 heterocycles. The van der Waals surface area contributed by atoms with E-state index in [2.05, 4.69) is 13.0 Å². The molecule has 0 aromatic rings. The van der Waals surface area contributed by atoms with Crippen molar-refractivity contribution in [1.82, 2.24) is 0 Å². The minimum Gasteiger partial charge on any atom is -0.300 e. The van der Waals surface area contributed by atoms with Crippen molar-refractivity contribution in [2.45, 2.75) is 47.5 Å². The largest absolute Gasteiger partial charge is 0.300 e. The van der Waals surface area contributed by atoms with E-state index in [0.717, 1.165) is 0 Å². The number of Topliss-reactive ketones (excluding diaryl/α,β-unsaturated/α-hetero) is 3. The molecular weight excluding hydrogens is 264 g/mol. The summed E-state index contributed by atoms with van der Waals surface area (Å²) in [5, 5.41) is 0. The predicted molar refractivity (Wildman–Crippen MR) is 79.5 cm³/mol. The van der Waals surface area contributed by atoms with E-state index in [1.54, 1.807) is 6.92 Å². The Morgan fingerprint density at radius 3 is 2.48 bits per heavy atom. The number of carbonyl (C=O) groups excluding carboxylic acids is 3. The molecule has 0 saturated heterocycles. The molecule has 4 aliphatic carbocycles. The monoisotopic (exact) mass is 288 g/mol. The summed E-state index contributed by atoms with van der Waals surface area (Å²) < 4.78 is 0. The Balaban J connectivity index is 2.23. The maximum Gasteiger partial charge on any atom is 0.143 e. The topological polar surface area (TPSA) is 51.2 Å². The molecule has 2 fully saturated rings. The van der Waals surface area contributed by atoms with Gasteiger partial charge in [-0.3, -0.25) is 14.4 Å². The summed E-state index contributed by atoms with van der Waals surface area (Å²) in [6.45, 7) is 9.53. The molecule has 0 aromatic carbocycles. The van der Waals surface area contributed by atoms with Crippen LogP contribution in [0.5, 0.6) is 0 Å². The lowest BCUT2D eigenvalue weighted by molar-refractivity contribution is -0.172. The number of fused-ring (bicyclic) bond motifs is 1. The number of allylic oxidation sites excluding steroid dienone is 2. The lowest BCUT2D eigenvalue weighted by Gasteiger charge is -2.62. The summed E-state index contributed by atoms with van der Waals surface area (Å²) in [7, 11) is 0. The molecule has 3 nitrogen and oxygen atoms in total. The summed E-state index contributed by atoms with van der Waals surface area (Å²) in [5.74, 6) is -0.0704. The van der Waals surface area contributed by atoms with Crippen molar-refractivity contribution in [1.29, 1.82) is 0 Å². The number of carbonyl (C=O) groups is 3. The summed E-state index contributed by atoms with van der Waals surface area (Å²) in [6, 6.07) is 0. The van der Waals surface area contributed by atoms with Crippen LogP contribution >= 0.6 is 0 Å². The van der Waals surface area contributed by atoms with Crippen LogP contribution in [-0.2, 0) is 14.4 Å². The number of hydrogen-bond acceptors (Lipinski definition) is 3. The van der Waals surface area contributed by atoms with Gasteiger partial charge < -0.3 is 0 Å². The molecule has 21 heavy (non-hydrogen) atoms. The zero-order valence-electron chi connectivity index (χ0n) is 13.5. The third kappa shape index (κ3) is 1.58. The average molecular weight is 288 g/mol. The number of ketones is 3. The minimum atomic E-state index is -0.617. The molecule has 114 valence electrons. The van der Waals surface area contributed by atoms with E-state index < -0.39 is 10.8 Å². The van der Waals surface area contributed by atoms with Crippen LogP contribution in [0.25, 0.3) is 0 Å². The molecule has 0 amide bonds. The van der Waals surface area contributed by atoms with Crippen molar-refractivity contribution in [3.8, 4) is 0 Å². The summed E-state index contributed by atoms with van der Waals surface area (Å²) in [4.78, 5) is 37.8. The second-order valence-electron chi connectivity index (χ2n) is 7.86. The molecule has 0 aliphatic heterocycles. The highest BCUT2D eigenvalue weighted by molar-refractivity contribution is 6.02. The van der Waals surface area contributed by atoms with E-state index in [4.69, 9.17) is 0 Å². The zero-order chi connectivity index (χ0) is 15.7. The Kier molecular flexibility index (Phi) is 2.90. The quantitative estimate of drug-likeness (QED) is 0.697. The number of hydrogen-bond donors (Lipinski definition) is 0. The first-order valence-corrected chi connectivity index (χ1v) is 7.90. The molecule has 2 bridgehead atoms. The van der Waals surface area contributed by atoms with Gasteiger partial charge in [0.25, 0.3) is 0 Å². The third-order valence-electron chi connectivity index (χ3n) is 6.55. The molecule has 0 aromatic heterocycles. The Hall–Kier alpha value is -1.25. The van der Waals surface area contributed by atoms with E-state index in [9.17, 15) is 14.4 Å². The summed E-state index contributed by atoms with van der Waals surface area (Å²) in [6.07, 6.45) is 3.17. The normalized spacial score (nSPS) is 48.9. The van der Waals surface area contributed by atoms with E-state index in [-0.39, 0.29) is 41.0 Å². The van der Waals surface area contributed by atoms with E-state index in [0.29, 0.717) is 12.8 Å². The smallest absolute Gasteiger partial charge is 0.143 e. The van der Waals surface area contributed by atoms with Crippen LogP contribution in [0.1, 0.15) is 47.5 Å². The second-order valence-corrected chi connectivity index (χ2v) is 7.86. The molecule has 0 radical (unpaired) electrons. The van der Waals surface area contributed by atoms with Gasteiger partial charge in [0.15, 0.2) is 0 Å². The molecule has 6 atom stereocenters. The first kappa shape index (κ1) is 14.7. The standard InChI is InChI=1S/C18H24O3/c1-9-6-14(20)15-17(4)8-10(2)12(7-13(17)11(3)19)18(15,5)16(9)21/h8-9,12-13,15H,6-7H2,1-5H3/t9-,12?,13?,15-,17?,18+/m0/s1. The molecule has 2 saturated carbocycles. The van der Waals surface area contributed by atoms with Gasteiger partial charge in [-0.2, -0.15) is 0 Å². The van der Waals surface area contributed by atoms with Crippen molar-refractivity contribution < 1.29 is 14.4 Å². The van der Waals surface area contributed by atoms with E-state index in [1.165, 1.54) is 5.57 Å². The summed E-state index contributed by atoms with van der Waals surface area (Å²) in [5.41, 5.74) is 0.0737. The van der Waals surface area contributed by atoms with Gasteiger partial charge in [-0.05, 0) is 26.2 Å². The lowest BCUT2D eigenvalue weighted by atomic mass is 9.38. The van der Waals surface area contributed by atoms with Crippen LogP contribution in [0.15, 0.2) is 11.6 Å². The highest BCUT2D eigenvalue weighted by Gasteiger charge is 2.68. The van der Waals surface area contributed by atoms with E-state index >= 15 is 0 Å². The van der Waals surface area contributed by atoms with Gasteiger partial charge in [0.05, 0.1) is 0 Å². The third-order valence-corrected chi connectivity index (χ3v) is 6.55. The first-order valence-electron chi connectivity index (χ1n) is 7.90. The Bertz CT molecular complexity index is 587. The van der Waals surface area contributed by atoms with E-state index in [1.807, 2.05) is 20.8 Å². The van der Waals surface area contributed by atoms with Gasteiger partial charge in [-0.25, -0.2) is 0 Å². The van der Waals surface area contributed by atoms with Gasteiger partial charge in [0.2, 0.25) is 0 Å². The van der Waals surface area contributed by atoms with Crippen LogP contribution in [0.3, 0.4) is 0 Å². The molecular formula is C18H24O3. The lowest BCUT2D eigenvalue weighted by Crippen LogP contribution is -2.65. The Labute approximate surface area is 126 Å². The molecule has 3 heteroatoms. The summed E-state index contributed by atoms with van der Waals surface area (Å²) >= 11 is 0. The molecule has 4 aliphatic rings. The van der Waals surface area contributed by atoms with Gasteiger partial charge >= 0.3 is 0 Å². The van der Waals surface area contributed by atoms with Crippen molar-refractivity contribution in [2.24, 2.45) is 34.5 Å². The predicted octanol–water partition coefficient (Wildman–Crippen LogP) is 2.98. The molecule has 0 N–H and O–H groups in total. The van der Waals surface area contributed by atoms with Crippen LogP contribution in [0.4, 0.5) is 0 Å². The van der Waals surface area contributed by atoms with Gasteiger partial charge in [0.1, 0.15) is 17.3 Å². The van der Waals surface area contributed by atoms with Gasteiger partial charge in [-0.1, -0.05) is 32.4 Å². The molecule has 4 rings (SSSR count). The van der Waals surface area contributed by atoms with Crippen LogP contribution in [-0.4, -0.2) is 17.3 Å². The maximum atomic E-state index is 12.9. The SMILES string of the molecule is CC(=O)C1CC2C(C)=CC1(C)[C@@H]1C(=O)C[C@H](C)C(=O)[C@]21C. The van der Waals surface area contributed by atoms with Crippen molar-refractivity contribution in [3.05, 3.63) is 11.6 Å². The highest BCUT2D eigenvalue weighted by Crippen LogP contribution is 2.66. The second kappa shape index (κ2) is 4.15. The van der Waals surface area contributed by atoms with Crippen molar-refractivity contribution >= 4 is 17.3 Å². The van der Waals surface area contributed by atoms with Gasteiger partial charge in [-0.15, -0.1) is 0 Å². The minimum absolute atomic E-state index is 0.0393. The maximum absolute atomic E-state index is 12.9. The van der Waals surface area contributed by atoms with Crippen LogP contribution < -0.4 is 0 Å². The first-order chi connectivity index (χ1) is 9.64. The fourth-order valence-corrected chi connectivity index (χ4v) is 5.86. The van der Waals surface area contributed by atoms with Crippen molar-refractivity contribution in [2.75, 3.05) is 0 Å². The highest BCUT2D eigenvalue weighted by atomic mass is 16.1. The van der Waals surface area contributed by atoms with Crippen LogP contribution in [0.2, 0.25) is 0 Å². The Morgan fingerprint density at radius 1 is 1.29 bits per heavy atom. The number of rotatable bonds is 1. The average Bonchev–Trinajstić information content (AvgIpc) is 2.34. The van der Waals surface area contributed by atoms with Crippen LogP contribution in [0, 0.1) is 34.5 Å². The zero-order valence-corrected chi connectivity index (χ0v) is 13.5. The fraction of sp³-hybridized carbons (Fsp3) is 0.722. The molecule has 3 unspecified atom stereocenters.